The van der Waals surface area contributed by atoms with Gasteiger partial charge in [-0.05, 0) is 39.5 Å². The van der Waals surface area contributed by atoms with Crippen molar-refractivity contribution >= 4 is 0 Å². The van der Waals surface area contributed by atoms with Gasteiger partial charge in [-0.1, -0.05) is 30.2 Å². The average Bonchev–Trinajstić information content (AvgIpc) is 2.97. The topological polar surface area (TPSA) is 12.5 Å². The summed E-state index contributed by atoms with van der Waals surface area (Å²) in [4.78, 5) is 0. The van der Waals surface area contributed by atoms with Crippen LogP contribution in [0.5, 0.6) is 0 Å². The Morgan fingerprint density at radius 2 is 2.25 bits per heavy atom. The molecular weight excluding hydrogens is 196 g/mol. The molecule has 0 N–H and O–H groups in total. The average molecular weight is 218 g/mol. The van der Waals surface area contributed by atoms with Crippen LogP contribution in [0.2, 0.25) is 0 Å². The van der Waals surface area contributed by atoms with E-state index in [9.17, 15) is 0 Å². The summed E-state index contributed by atoms with van der Waals surface area (Å²) in [5, 5.41) is 0. The quantitative estimate of drug-likeness (QED) is 0.481. The normalized spacial score (nSPS) is 46.1. The van der Waals surface area contributed by atoms with Crippen molar-refractivity contribution in [2.45, 2.75) is 58.7 Å². The molecule has 2 fully saturated rings. The maximum Gasteiger partial charge on any atom is 0.0938 e. The molecule has 1 nitrogen and oxygen atoms in total. The van der Waals surface area contributed by atoms with Gasteiger partial charge in [0.25, 0.3) is 0 Å². The van der Waals surface area contributed by atoms with Gasteiger partial charge in [-0.15, -0.1) is 0 Å². The first-order valence-electron chi connectivity index (χ1n) is 6.54. The highest BCUT2D eigenvalue weighted by atomic mass is 16.6. The van der Waals surface area contributed by atoms with Crippen LogP contribution in [0.3, 0.4) is 0 Å². The first-order valence-corrected chi connectivity index (χ1v) is 6.54. The van der Waals surface area contributed by atoms with Gasteiger partial charge >= 0.3 is 0 Å². The Balaban J connectivity index is 1.99. The minimum atomic E-state index is 0.360. The van der Waals surface area contributed by atoms with Gasteiger partial charge in [-0.2, -0.15) is 0 Å². The van der Waals surface area contributed by atoms with E-state index in [0.29, 0.717) is 23.5 Å². The molecule has 16 heavy (non-hydrogen) atoms. The first kappa shape index (κ1) is 10.6. The molecule has 1 heterocycles. The van der Waals surface area contributed by atoms with Crippen LogP contribution in [-0.4, -0.2) is 12.2 Å². The second-order valence-corrected chi connectivity index (χ2v) is 6.21. The Kier molecular flexibility index (Phi) is 2.13. The molecule has 4 atom stereocenters. The molecule has 0 bridgehead atoms. The largest absolute Gasteiger partial charge is 0.368 e. The van der Waals surface area contributed by atoms with E-state index in [-0.39, 0.29) is 0 Å². The van der Waals surface area contributed by atoms with Crippen molar-refractivity contribution in [3.63, 3.8) is 0 Å². The van der Waals surface area contributed by atoms with E-state index < -0.39 is 0 Å². The van der Waals surface area contributed by atoms with Crippen LogP contribution in [0.1, 0.15) is 46.5 Å². The van der Waals surface area contributed by atoms with Crippen LogP contribution in [-0.2, 0) is 4.74 Å². The predicted octanol–water partition coefficient (Wildman–Crippen LogP) is 3.86. The number of hydrogen-bond donors (Lipinski definition) is 0. The van der Waals surface area contributed by atoms with Crippen LogP contribution in [0.4, 0.5) is 0 Å². The van der Waals surface area contributed by atoms with Crippen molar-refractivity contribution in [1.29, 1.82) is 0 Å². The molecule has 1 saturated heterocycles. The summed E-state index contributed by atoms with van der Waals surface area (Å²) in [5.41, 5.74) is 5.00. The second kappa shape index (κ2) is 3.22. The summed E-state index contributed by atoms with van der Waals surface area (Å²) in [5.74, 6) is 0.584. The maximum atomic E-state index is 5.98. The van der Waals surface area contributed by atoms with Crippen LogP contribution >= 0.6 is 0 Å². The summed E-state index contributed by atoms with van der Waals surface area (Å²) in [6, 6.07) is 0. The van der Waals surface area contributed by atoms with Gasteiger partial charge in [0.05, 0.1) is 12.2 Å². The van der Waals surface area contributed by atoms with Crippen LogP contribution in [0.15, 0.2) is 23.3 Å². The van der Waals surface area contributed by atoms with Crippen molar-refractivity contribution in [3.8, 4) is 0 Å². The molecule has 1 aliphatic heterocycles. The van der Waals surface area contributed by atoms with Crippen LogP contribution in [0.25, 0.3) is 0 Å². The fourth-order valence-electron chi connectivity index (χ4n) is 3.96. The zero-order chi connectivity index (χ0) is 11.5. The van der Waals surface area contributed by atoms with Crippen molar-refractivity contribution < 1.29 is 4.74 Å². The van der Waals surface area contributed by atoms with Gasteiger partial charge in [0.15, 0.2) is 0 Å². The molecule has 3 aliphatic rings. The molecule has 0 aromatic carbocycles. The zero-order valence-electron chi connectivity index (χ0n) is 10.7. The highest BCUT2D eigenvalue weighted by Crippen LogP contribution is 2.60. The molecule has 0 aromatic heterocycles. The number of hydrogen-bond acceptors (Lipinski definition) is 1. The van der Waals surface area contributed by atoms with Gasteiger partial charge in [0.1, 0.15) is 0 Å². The molecule has 1 saturated carbocycles. The summed E-state index contributed by atoms with van der Waals surface area (Å²) in [6.07, 6.45) is 6.15. The Labute approximate surface area is 98.6 Å². The lowest BCUT2D eigenvalue weighted by molar-refractivity contribution is 0.227. The number of epoxide rings is 1. The van der Waals surface area contributed by atoms with Gasteiger partial charge in [-0.3, -0.25) is 0 Å². The highest BCUT2D eigenvalue weighted by Gasteiger charge is 2.61. The Morgan fingerprint density at radius 1 is 1.50 bits per heavy atom. The second-order valence-electron chi connectivity index (χ2n) is 6.21. The van der Waals surface area contributed by atoms with E-state index >= 15 is 0 Å². The number of ether oxygens (including phenoxy) is 1. The Bertz CT molecular complexity index is 379. The molecule has 0 aromatic rings. The van der Waals surface area contributed by atoms with Crippen molar-refractivity contribution in [3.05, 3.63) is 23.3 Å². The Hall–Kier alpha value is -0.560. The SMILES string of the molecule is C=C(C)[C@H]1CC2=C(C)CCC[C@@]2(C)[C@@H]2O[C@H]12. The lowest BCUT2D eigenvalue weighted by atomic mass is 9.61. The smallest absolute Gasteiger partial charge is 0.0938 e. The molecular formula is C15H22O. The predicted molar refractivity (Wildman–Crippen MR) is 66.2 cm³/mol. The number of allylic oxidation sites excluding steroid dienone is 1. The fraction of sp³-hybridized carbons (Fsp3) is 0.733. The number of fused-ring (bicyclic) bond motifs is 3. The Morgan fingerprint density at radius 3 is 2.94 bits per heavy atom. The number of rotatable bonds is 1. The summed E-state index contributed by atoms with van der Waals surface area (Å²) in [7, 11) is 0. The molecule has 88 valence electrons. The minimum absolute atomic E-state index is 0.360. The van der Waals surface area contributed by atoms with Gasteiger partial charge in [0.2, 0.25) is 0 Å². The molecule has 3 rings (SSSR count). The third-order valence-electron chi connectivity index (χ3n) is 5.06. The lowest BCUT2D eigenvalue weighted by Crippen LogP contribution is -2.38. The molecule has 0 spiro atoms. The monoisotopic (exact) mass is 218 g/mol. The third-order valence-corrected chi connectivity index (χ3v) is 5.06. The van der Waals surface area contributed by atoms with E-state index in [1.165, 1.54) is 31.3 Å². The lowest BCUT2D eigenvalue weighted by Gasteiger charge is -2.41. The summed E-state index contributed by atoms with van der Waals surface area (Å²) in [6.45, 7) is 11.0. The summed E-state index contributed by atoms with van der Waals surface area (Å²) < 4.78 is 5.98. The van der Waals surface area contributed by atoms with Gasteiger partial charge < -0.3 is 4.74 Å². The van der Waals surface area contributed by atoms with Crippen molar-refractivity contribution in [2.75, 3.05) is 0 Å². The molecule has 0 amide bonds. The van der Waals surface area contributed by atoms with E-state index in [1.807, 2.05) is 0 Å². The third kappa shape index (κ3) is 1.27. The maximum absolute atomic E-state index is 5.98. The standard InChI is InChI=1S/C15H22O/c1-9(2)11-8-12-10(3)6-5-7-15(12,4)14-13(11)16-14/h11,13-14H,1,5-8H2,2-4H3/t11-,13-,14-,15-/m1/s1. The van der Waals surface area contributed by atoms with E-state index in [2.05, 4.69) is 27.4 Å². The summed E-state index contributed by atoms with van der Waals surface area (Å²) >= 11 is 0. The minimum Gasteiger partial charge on any atom is -0.368 e. The van der Waals surface area contributed by atoms with Gasteiger partial charge in [0, 0.05) is 11.3 Å². The van der Waals surface area contributed by atoms with Crippen LogP contribution < -0.4 is 0 Å². The van der Waals surface area contributed by atoms with Crippen molar-refractivity contribution in [1.82, 2.24) is 0 Å². The first-order chi connectivity index (χ1) is 7.54. The fourth-order valence-corrected chi connectivity index (χ4v) is 3.96. The van der Waals surface area contributed by atoms with Gasteiger partial charge in [-0.25, -0.2) is 0 Å². The molecule has 0 unspecified atom stereocenters. The van der Waals surface area contributed by atoms with E-state index in [0.717, 1.165) is 0 Å². The molecule has 2 aliphatic carbocycles. The van der Waals surface area contributed by atoms with Crippen molar-refractivity contribution in [2.24, 2.45) is 11.3 Å². The van der Waals surface area contributed by atoms with E-state index in [4.69, 9.17) is 4.74 Å². The molecule has 1 heteroatoms. The van der Waals surface area contributed by atoms with Crippen LogP contribution in [0, 0.1) is 11.3 Å². The van der Waals surface area contributed by atoms with E-state index in [1.54, 1.807) is 11.1 Å². The highest BCUT2D eigenvalue weighted by molar-refractivity contribution is 5.34. The zero-order valence-corrected chi connectivity index (χ0v) is 10.7. The molecule has 0 radical (unpaired) electrons.